The highest BCUT2D eigenvalue weighted by atomic mass is 16.5. The van der Waals surface area contributed by atoms with Gasteiger partial charge in [-0.3, -0.25) is 0 Å². The fourth-order valence-corrected chi connectivity index (χ4v) is 3.99. The highest BCUT2D eigenvalue weighted by Crippen LogP contribution is 2.28. The number of hydrogen-bond acceptors (Lipinski definition) is 6. The van der Waals surface area contributed by atoms with E-state index in [4.69, 9.17) is 14.2 Å². The van der Waals surface area contributed by atoms with Crippen LogP contribution in [0.2, 0.25) is 0 Å². The molecular weight excluding hydrogens is 456 g/mol. The number of benzene rings is 5. The molecule has 0 saturated carbocycles. The van der Waals surface area contributed by atoms with Crippen LogP contribution in [0.3, 0.4) is 0 Å². The molecule has 0 aliphatic rings. The van der Waals surface area contributed by atoms with Gasteiger partial charge in [0.2, 0.25) is 0 Å². The Morgan fingerprint density at radius 2 is 1.28 bits per heavy atom. The second-order valence-electron chi connectivity index (χ2n) is 8.29. The largest absolute Gasteiger partial charge is 0.508 e. The van der Waals surface area contributed by atoms with Crippen LogP contribution in [0.25, 0.3) is 21.5 Å². The van der Waals surface area contributed by atoms with Gasteiger partial charge in [-0.05, 0) is 76.1 Å². The van der Waals surface area contributed by atoms with Crippen molar-refractivity contribution in [3.05, 3.63) is 114 Å². The van der Waals surface area contributed by atoms with Crippen LogP contribution in [0.1, 0.15) is 26.3 Å². The Morgan fingerprint density at radius 3 is 2.03 bits per heavy atom. The molecule has 0 amide bonds. The van der Waals surface area contributed by atoms with E-state index in [1.54, 1.807) is 66.7 Å². The molecule has 5 aromatic carbocycles. The fraction of sp³-hybridized carbons (Fsp3) is 0.0667. The van der Waals surface area contributed by atoms with Crippen LogP contribution in [0.15, 0.2) is 97.1 Å². The SMILES string of the molecule is COCc1cc(OC(=O)c2ccc3ccccc3c2)ccc1OC(=O)c1ccc2cc(O)ccc2c1. The number of aromatic hydroxyl groups is 1. The molecule has 0 aliphatic heterocycles. The maximum atomic E-state index is 12.8. The monoisotopic (exact) mass is 478 g/mol. The Kier molecular flexibility index (Phi) is 6.34. The molecule has 0 unspecified atom stereocenters. The molecule has 0 heterocycles. The van der Waals surface area contributed by atoms with E-state index < -0.39 is 11.9 Å². The van der Waals surface area contributed by atoms with Crippen molar-refractivity contribution in [3.63, 3.8) is 0 Å². The van der Waals surface area contributed by atoms with Gasteiger partial charge < -0.3 is 19.3 Å². The first-order chi connectivity index (χ1) is 17.5. The molecule has 5 rings (SSSR count). The average Bonchev–Trinajstić information content (AvgIpc) is 2.89. The van der Waals surface area contributed by atoms with Crippen molar-refractivity contribution >= 4 is 33.5 Å². The van der Waals surface area contributed by atoms with E-state index in [9.17, 15) is 14.7 Å². The molecule has 0 aromatic heterocycles. The second-order valence-corrected chi connectivity index (χ2v) is 8.29. The number of rotatable bonds is 6. The highest BCUT2D eigenvalue weighted by molar-refractivity contribution is 5.97. The van der Waals surface area contributed by atoms with Gasteiger partial charge in [-0.15, -0.1) is 0 Å². The molecule has 1 N–H and O–H groups in total. The minimum absolute atomic E-state index is 0.154. The standard InChI is InChI=1S/C30H22O6/c1-34-18-25-17-27(35-29(32)23-8-6-19-4-2-3-5-20(19)14-23)12-13-28(25)36-30(33)24-9-7-22-16-26(31)11-10-21(22)15-24/h2-17,31H,18H2,1H3. The molecule has 178 valence electrons. The lowest BCUT2D eigenvalue weighted by Gasteiger charge is -2.12. The quantitative estimate of drug-likeness (QED) is 0.228. The van der Waals surface area contributed by atoms with Crippen molar-refractivity contribution in [1.82, 2.24) is 0 Å². The molecule has 0 bridgehead atoms. The fourth-order valence-electron chi connectivity index (χ4n) is 3.99. The van der Waals surface area contributed by atoms with Crippen LogP contribution in [0, 0.1) is 0 Å². The molecule has 0 atom stereocenters. The van der Waals surface area contributed by atoms with Crippen molar-refractivity contribution in [3.8, 4) is 17.2 Å². The Balaban J connectivity index is 1.35. The zero-order valence-electron chi connectivity index (χ0n) is 19.4. The molecule has 36 heavy (non-hydrogen) atoms. The maximum Gasteiger partial charge on any atom is 0.343 e. The Labute approximate surface area is 207 Å². The molecule has 0 aliphatic carbocycles. The molecule has 0 saturated heterocycles. The number of esters is 2. The molecule has 0 radical (unpaired) electrons. The lowest BCUT2D eigenvalue weighted by molar-refractivity contribution is 0.0714. The van der Waals surface area contributed by atoms with E-state index in [0.717, 1.165) is 21.5 Å². The summed E-state index contributed by atoms with van der Waals surface area (Å²) in [5.41, 5.74) is 1.35. The lowest BCUT2D eigenvalue weighted by Crippen LogP contribution is -2.11. The van der Waals surface area contributed by atoms with Gasteiger partial charge in [0.15, 0.2) is 0 Å². The van der Waals surface area contributed by atoms with Crippen molar-refractivity contribution in [2.75, 3.05) is 7.11 Å². The van der Waals surface area contributed by atoms with Gasteiger partial charge in [0.05, 0.1) is 17.7 Å². The van der Waals surface area contributed by atoms with Crippen molar-refractivity contribution in [2.24, 2.45) is 0 Å². The number of hydrogen-bond donors (Lipinski definition) is 1. The van der Waals surface area contributed by atoms with E-state index in [1.165, 1.54) is 7.11 Å². The lowest BCUT2D eigenvalue weighted by atomic mass is 10.1. The van der Waals surface area contributed by atoms with Crippen LogP contribution in [-0.2, 0) is 11.3 Å². The van der Waals surface area contributed by atoms with Gasteiger partial charge in [0, 0.05) is 12.7 Å². The number of carbonyl (C=O) groups excluding carboxylic acids is 2. The van der Waals surface area contributed by atoms with Gasteiger partial charge in [-0.1, -0.05) is 42.5 Å². The number of phenols is 1. The van der Waals surface area contributed by atoms with Gasteiger partial charge in [0.25, 0.3) is 0 Å². The van der Waals surface area contributed by atoms with Crippen LogP contribution in [-0.4, -0.2) is 24.2 Å². The third kappa shape index (κ3) is 4.89. The van der Waals surface area contributed by atoms with Crippen LogP contribution >= 0.6 is 0 Å². The second kappa shape index (κ2) is 9.90. The number of methoxy groups -OCH3 is 1. The normalized spacial score (nSPS) is 10.9. The van der Waals surface area contributed by atoms with Crippen LogP contribution in [0.4, 0.5) is 0 Å². The van der Waals surface area contributed by atoms with Gasteiger partial charge in [-0.25, -0.2) is 9.59 Å². The summed E-state index contributed by atoms with van der Waals surface area (Å²) < 4.78 is 16.5. The molecule has 5 aromatic rings. The molecule has 6 heteroatoms. The van der Waals surface area contributed by atoms with Crippen LogP contribution < -0.4 is 9.47 Å². The van der Waals surface area contributed by atoms with Gasteiger partial charge in [-0.2, -0.15) is 0 Å². The molecule has 6 nitrogen and oxygen atoms in total. The van der Waals surface area contributed by atoms with Crippen molar-refractivity contribution in [1.29, 1.82) is 0 Å². The Hall–Kier alpha value is -4.68. The third-order valence-corrected chi connectivity index (χ3v) is 5.79. The van der Waals surface area contributed by atoms with Gasteiger partial charge in [0.1, 0.15) is 17.2 Å². The van der Waals surface area contributed by atoms with Gasteiger partial charge >= 0.3 is 11.9 Å². The number of ether oxygens (including phenoxy) is 3. The number of fused-ring (bicyclic) bond motifs is 2. The predicted octanol–water partition coefficient (Wildman–Crippen LogP) is 6.28. The first-order valence-electron chi connectivity index (χ1n) is 11.3. The minimum Gasteiger partial charge on any atom is -0.508 e. The summed E-state index contributed by atoms with van der Waals surface area (Å²) in [7, 11) is 1.53. The summed E-state index contributed by atoms with van der Waals surface area (Å²) in [6.07, 6.45) is 0. The summed E-state index contributed by atoms with van der Waals surface area (Å²) in [6.45, 7) is 0.154. The summed E-state index contributed by atoms with van der Waals surface area (Å²) >= 11 is 0. The smallest absolute Gasteiger partial charge is 0.343 e. The maximum absolute atomic E-state index is 12.8. The van der Waals surface area contributed by atoms with E-state index in [-0.39, 0.29) is 12.4 Å². The predicted molar refractivity (Wildman–Crippen MR) is 137 cm³/mol. The average molecular weight is 479 g/mol. The highest BCUT2D eigenvalue weighted by Gasteiger charge is 2.16. The molecule has 0 spiro atoms. The summed E-state index contributed by atoms with van der Waals surface area (Å²) in [4.78, 5) is 25.6. The Morgan fingerprint density at radius 1 is 0.667 bits per heavy atom. The number of carbonyl (C=O) groups is 2. The Bertz CT molecular complexity index is 1600. The summed E-state index contributed by atoms with van der Waals surface area (Å²) in [6, 6.07) is 27.9. The topological polar surface area (TPSA) is 82.1 Å². The van der Waals surface area contributed by atoms with E-state index in [1.807, 2.05) is 30.3 Å². The first kappa shape index (κ1) is 23.1. The molecular formula is C30H22O6. The third-order valence-electron chi connectivity index (χ3n) is 5.79. The summed E-state index contributed by atoms with van der Waals surface area (Å²) in [5, 5.41) is 13.2. The van der Waals surface area contributed by atoms with E-state index in [0.29, 0.717) is 28.2 Å². The minimum atomic E-state index is -0.539. The zero-order valence-corrected chi connectivity index (χ0v) is 19.4. The van der Waals surface area contributed by atoms with E-state index in [2.05, 4.69) is 0 Å². The van der Waals surface area contributed by atoms with Crippen molar-refractivity contribution < 1.29 is 28.9 Å². The van der Waals surface area contributed by atoms with Crippen molar-refractivity contribution in [2.45, 2.75) is 6.61 Å². The van der Waals surface area contributed by atoms with Crippen LogP contribution in [0.5, 0.6) is 17.2 Å². The zero-order chi connectivity index (χ0) is 25.1. The summed E-state index contributed by atoms with van der Waals surface area (Å²) in [5.74, 6) is -0.258. The van der Waals surface area contributed by atoms with E-state index >= 15 is 0 Å². The first-order valence-corrected chi connectivity index (χ1v) is 11.3. The number of phenolic OH excluding ortho intramolecular Hbond substituents is 1. The molecule has 0 fully saturated rings.